The SMILES string of the molecule is CC(=O)Nc1ccc(/C=C2/SC(=S)N(c3cccc(C)c3)C2=O)cc1. The molecule has 0 aliphatic carbocycles. The van der Waals surface area contributed by atoms with Crippen molar-refractivity contribution in [2.45, 2.75) is 13.8 Å². The summed E-state index contributed by atoms with van der Waals surface area (Å²) in [4.78, 5) is 25.9. The molecule has 0 unspecified atom stereocenters. The summed E-state index contributed by atoms with van der Waals surface area (Å²) in [6.07, 6.45) is 1.81. The van der Waals surface area contributed by atoms with Gasteiger partial charge in [0.05, 0.1) is 10.6 Å². The second-order valence-electron chi connectivity index (χ2n) is 5.66. The lowest BCUT2D eigenvalue weighted by Gasteiger charge is -2.14. The molecule has 1 heterocycles. The Balaban J connectivity index is 1.84. The number of carbonyl (C=O) groups excluding carboxylic acids is 2. The highest BCUT2D eigenvalue weighted by Crippen LogP contribution is 2.36. The summed E-state index contributed by atoms with van der Waals surface area (Å²) >= 11 is 6.68. The second-order valence-corrected chi connectivity index (χ2v) is 7.34. The Morgan fingerprint density at radius 1 is 1.20 bits per heavy atom. The van der Waals surface area contributed by atoms with Crippen LogP contribution in [-0.4, -0.2) is 16.1 Å². The molecule has 126 valence electrons. The lowest BCUT2D eigenvalue weighted by molar-refractivity contribution is -0.114. The highest BCUT2D eigenvalue weighted by Gasteiger charge is 2.33. The van der Waals surface area contributed by atoms with Gasteiger partial charge in [-0.2, -0.15) is 0 Å². The molecule has 0 radical (unpaired) electrons. The first-order valence-electron chi connectivity index (χ1n) is 7.66. The smallest absolute Gasteiger partial charge is 0.270 e. The number of anilines is 2. The van der Waals surface area contributed by atoms with Crippen LogP contribution >= 0.6 is 24.0 Å². The second kappa shape index (κ2) is 7.21. The molecule has 3 rings (SSSR count). The average Bonchev–Trinajstić information content (AvgIpc) is 2.83. The number of hydrogen-bond acceptors (Lipinski definition) is 4. The van der Waals surface area contributed by atoms with Gasteiger partial charge in [-0.1, -0.05) is 48.2 Å². The van der Waals surface area contributed by atoms with Crippen molar-refractivity contribution < 1.29 is 9.59 Å². The van der Waals surface area contributed by atoms with E-state index in [4.69, 9.17) is 12.2 Å². The summed E-state index contributed by atoms with van der Waals surface area (Å²) in [5.41, 5.74) is 3.45. The number of hydrogen-bond donors (Lipinski definition) is 1. The zero-order valence-corrected chi connectivity index (χ0v) is 15.4. The third-order valence-electron chi connectivity index (χ3n) is 3.58. The molecule has 25 heavy (non-hydrogen) atoms. The van der Waals surface area contributed by atoms with Gasteiger partial charge in [-0.3, -0.25) is 14.5 Å². The van der Waals surface area contributed by atoms with E-state index in [1.54, 1.807) is 17.0 Å². The van der Waals surface area contributed by atoms with Gasteiger partial charge in [-0.25, -0.2) is 0 Å². The lowest BCUT2D eigenvalue weighted by Crippen LogP contribution is -2.27. The molecule has 2 aromatic carbocycles. The number of thioether (sulfide) groups is 1. The van der Waals surface area contributed by atoms with Crippen molar-refractivity contribution in [3.05, 3.63) is 64.6 Å². The Hall–Kier alpha value is -2.44. The van der Waals surface area contributed by atoms with Crippen LogP contribution in [0.3, 0.4) is 0 Å². The summed E-state index contributed by atoms with van der Waals surface area (Å²) in [6.45, 7) is 3.44. The van der Waals surface area contributed by atoms with E-state index in [1.807, 2.05) is 49.4 Å². The standard InChI is InChI=1S/C19H16N2O2S2/c1-12-4-3-5-16(10-12)21-18(23)17(25-19(21)24)11-14-6-8-15(9-7-14)20-13(2)22/h3-11H,1-2H3,(H,20,22)/b17-11+. The Bertz CT molecular complexity index is 889. The summed E-state index contributed by atoms with van der Waals surface area (Å²) in [6, 6.07) is 15.0. The van der Waals surface area contributed by atoms with Crippen LogP contribution in [-0.2, 0) is 9.59 Å². The van der Waals surface area contributed by atoms with E-state index in [9.17, 15) is 9.59 Å². The maximum Gasteiger partial charge on any atom is 0.270 e. The van der Waals surface area contributed by atoms with Gasteiger partial charge in [0.25, 0.3) is 5.91 Å². The molecule has 6 heteroatoms. The summed E-state index contributed by atoms with van der Waals surface area (Å²) in [5.74, 6) is -0.238. The molecule has 0 saturated carbocycles. The van der Waals surface area contributed by atoms with Gasteiger partial charge in [0.2, 0.25) is 5.91 Å². The minimum Gasteiger partial charge on any atom is -0.326 e. The quantitative estimate of drug-likeness (QED) is 0.646. The Kier molecular flexibility index (Phi) is 5.01. The average molecular weight is 368 g/mol. The molecule has 0 aromatic heterocycles. The summed E-state index contributed by atoms with van der Waals surface area (Å²) in [5, 5.41) is 2.71. The number of carbonyl (C=O) groups is 2. The van der Waals surface area contributed by atoms with Crippen LogP contribution in [0.2, 0.25) is 0 Å². The normalized spacial score (nSPS) is 15.8. The van der Waals surface area contributed by atoms with Crippen LogP contribution < -0.4 is 10.2 Å². The fourth-order valence-corrected chi connectivity index (χ4v) is 3.77. The zero-order valence-electron chi connectivity index (χ0n) is 13.8. The van der Waals surface area contributed by atoms with Crippen LogP contribution in [0.1, 0.15) is 18.1 Å². The van der Waals surface area contributed by atoms with E-state index in [-0.39, 0.29) is 11.8 Å². The first-order chi connectivity index (χ1) is 11.9. The molecule has 1 aliphatic rings. The molecule has 2 amide bonds. The van der Waals surface area contributed by atoms with Gasteiger partial charge in [0, 0.05) is 12.6 Å². The largest absolute Gasteiger partial charge is 0.326 e. The van der Waals surface area contributed by atoms with E-state index >= 15 is 0 Å². The van der Waals surface area contributed by atoms with Gasteiger partial charge >= 0.3 is 0 Å². The van der Waals surface area contributed by atoms with Crippen LogP contribution in [0.5, 0.6) is 0 Å². The Morgan fingerprint density at radius 2 is 1.92 bits per heavy atom. The Labute approximate surface area is 155 Å². The molecule has 0 atom stereocenters. The molecular weight excluding hydrogens is 352 g/mol. The number of nitrogens with one attached hydrogen (secondary N) is 1. The number of aryl methyl sites for hydroxylation is 1. The Morgan fingerprint density at radius 3 is 2.56 bits per heavy atom. The maximum absolute atomic E-state index is 12.7. The van der Waals surface area contributed by atoms with Crippen LogP contribution in [0.25, 0.3) is 6.08 Å². The summed E-state index contributed by atoms with van der Waals surface area (Å²) < 4.78 is 0.525. The highest BCUT2D eigenvalue weighted by molar-refractivity contribution is 8.27. The predicted octanol–water partition coefficient (Wildman–Crippen LogP) is 4.36. The molecule has 0 bridgehead atoms. The number of nitrogens with zero attached hydrogens (tertiary/aromatic N) is 1. The minimum atomic E-state index is -0.119. The van der Waals surface area contributed by atoms with Gasteiger partial charge < -0.3 is 5.32 Å². The highest BCUT2D eigenvalue weighted by atomic mass is 32.2. The minimum absolute atomic E-state index is 0.119. The van der Waals surface area contributed by atoms with Crippen LogP contribution in [0.4, 0.5) is 11.4 Å². The van der Waals surface area contributed by atoms with Gasteiger partial charge in [0.15, 0.2) is 4.32 Å². The third kappa shape index (κ3) is 3.97. The lowest BCUT2D eigenvalue weighted by atomic mass is 10.2. The van der Waals surface area contributed by atoms with Gasteiger partial charge in [-0.05, 0) is 48.4 Å². The van der Waals surface area contributed by atoms with Crippen molar-refractivity contribution in [3.8, 4) is 0 Å². The van der Waals surface area contributed by atoms with Crippen molar-refractivity contribution in [2.75, 3.05) is 10.2 Å². The van der Waals surface area contributed by atoms with E-state index in [0.717, 1.165) is 22.5 Å². The third-order valence-corrected chi connectivity index (χ3v) is 4.88. The topological polar surface area (TPSA) is 49.4 Å². The molecule has 4 nitrogen and oxygen atoms in total. The number of benzene rings is 2. The monoisotopic (exact) mass is 368 g/mol. The fourth-order valence-electron chi connectivity index (χ4n) is 2.47. The van der Waals surface area contributed by atoms with Gasteiger partial charge in [-0.15, -0.1) is 0 Å². The fraction of sp³-hybridized carbons (Fsp3) is 0.105. The zero-order chi connectivity index (χ0) is 18.0. The number of amides is 2. The van der Waals surface area contributed by atoms with E-state index < -0.39 is 0 Å². The van der Waals surface area contributed by atoms with Gasteiger partial charge in [0.1, 0.15) is 0 Å². The maximum atomic E-state index is 12.7. The molecule has 2 aromatic rings. The molecule has 1 aliphatic heterocycles. The molecular formula is C19H16N2O2S2. The predicted molar refractivity (Wildman–Crippen MR) is 108 cm³/mol. The van der Waals surface area contributed by atoms with Crippen LogP contribution in [0, 0.1) is 6.92 Å². The van der Waals surface area contributed by atoms with E-state index in [1.165, 1.54) is 18.7 Å². The molecule has 1 N–H and O–H groups in total. The van der Waals surface area contributed by atoms with Crippen LogP contribution in [0.15, 0.2) is 53.4 Å². The first-order valence-corrected chi connectivity index (χ1v) is 8.89. The molecule has 1 saturated heterocycles. The first kappa shape index (κ1) is 17.4. The summed E-state index contributed by atoms with van der Waals surface area (Å²) in [7, 11) is 0. The van der Waals surface area contributed by atoms with Crippen molar-refractivity contribution in [1.82, 2.24) is 0 Å². The number of thiocarbonyl (C=S) groups is 1. The number of rotatable bonds is 3. The van der Waals surface area contributed by atoms with Crippen molar-refractivity contribution in [2.24, 2.45) is 0 Å². The van der Waals surface area contributed by atoms with Crippen molar-refractivity contribution in [1.29, 1.82) is 0 Å². The van der Waals surface area contributed by atoms with Crippen molar-refractivity contribution >= 4 is 57.6 Å². The van der Waals surface area contributed by atoms with E-state index in [0.29, 0.717) is 9.23 Å². The molecule has 1 fully saturated rings. The van der Waals surface area contributed by atoms with Crippen molar-refractivity contribution in [3.63, 3.8) is 0 Å². The van der Waals surface area contributed by atoms with E-state index in [2.05, 4.69) is 5.32 Å². The molecule has 0 spiro atoms.